The molecule has 0 radical (unpaired) electrons. The molecule has 3 aliphatic rings. The number of piperazine rings is 1. The second kappa shape index (κ2) is 9.46. The van der Waals surface area contributed by atoms with Gasteiger partial charge >= 0.3 is 0 Å². The van der Waals surface area contributed by atoms with Crippen LogP contribution in [0.15, 0.2) is 47.3 Å². The number of pyridine rings is 1. The van der Waals surface area contributed by atoms with E-state index in [1.165, 1.54) is 17.8 Å². The van der Waals surface area contributed by atoms with Crippen LogP contribution in [0.1, 0.15) is 18.0 Å². The maximum absolute atomic E-state index is 14.0. The van der Waals surface area contributed by atoms with Crippen LogP contribution in [0.3, 0.4) is 0 Å². The lowest BCUT2D eigenvalue weighted by molar-refractivity contribution is -0.128. The van der Waals surface area contributed by atoms with Crippen LogP contribution in [0.5, 0.6) is 0 Å². The Morgan fingerprint density at radius 2 is 1.79 bits per heavy atom. The number of hydrogen-bond acceptors (Lipinski definition) is 5. The Bertz CT molecular complexity index is 1120. The second-order valence-corrected chi connectivity index (χ2v) is 10.6. The molecule has 2 atom stereocenters. The number of carbonyl (C=O) groups excluding carboxylic acids is 1. The fourth-order valence-electron chi connectivity index (χ4n) is 5.26. The number of anilines is 1. The monoisotopic (exact) mass is 486 g/mol. The largest absolute Gasteiger partial charge is 0.366 e. The molecule has 174 valence electrons. The predicted molar refractivity (Wildman–Crippen MR) is 133 cm³/mol. The van der Waals surface area contributed by atoms with Gasteiger partial charge in [0.25, 0.3) is 5.56 Å². The van der Waals surface area contributed by atoms with Crippen LogP contribution in [0.25, 0.3) is 0 Å². The molecule has 1 amide bonds. The van der Waals surface area contributed by atoms with E-state index in [0.717, 1.165) is 36.1 Å². The normalized spacial score (nSPS) is 22.2. The van der Waals surface area contributed by atoms with Crippen molar-refractivity contribution in [1.82, 2.24) is 14.4 Å². The third-order valence-electron chi connectivity index (χ3n) is 6.88. The van der Waals surface area contributed by atoms with Crippen molar-refractivity contribution < 1.29 is 9.18 Å². The third kappa shape index (κ3) is 4.66. The van der Waals surface area contributed by atoms with Gasteiger partial charge in [-0.05, 0) is 30.5 Å². The minimum atomic E-state index is -0.225. The van der Waals surface area contributed by atoms with Gasteiger partial charge in [-0.3, -0.25) is 9.59 Å². The number of thiocarbonyl (C=S) groups is 1. The van der Waals surface area contributed by atoms with Gasteiger partial charge in [0.15, 0.2) is 0 Å². The number of halogens is 1. The minimum absolute atomic E-state index is 0.0737. The number of likely N-dealkylation sites (tertiary alicyclic amines) is 1. The van der Waals surface area contributed by atoms with Gasteiger partial charge in [0.05, 0.1) is 11.4 Å². The molecule has 4 heterocycles. The van der Waals surface area contributed by atoms with E-state index in [2.05, 4.69) is 4.90 Å². The summed E-state index contributed by atoms with van der Waals surface area (Å²) >= 11 is 7.12. The summed E-state index contributed by atoms with van der Waals surface area (Å²) in [4.78, 5) is 31.1. The van der Waals surface area contributed by atoms with E-state index in [9.17, 15) is 14.0 Å². The smallest absolute Gasteiger partial charge is 0.250 e. The van der Waals surface area contributed by atoms with Crippen LogP contribution in [-0.4, -0.2) is 69.6 Å². The van der Waals surface area contributed by atoms with E-state index in [-0.39, 0.29) is 17.3 Å². The first-order valence-corrected chi connectivity index (χ1v) is 12.8. The number of hydrogen-bond donors (Lipinski definition) is 0. The molecule has 1 aromatic heterocycles. The molecule has 3 aliphatic heterocycles. The molecule has 2 fully saturated rings. The third-order valence-corrected chi connectivity index (χ3v) is 8.39. The Balaban J connectivity index is 1.13. The summed E-state index contributed by atoms with van der Waals surface area (Å²) in [5.74, 6) is 0.867. The maximum atomic E-state index is 14.0. The van der Waals surface area contributed by atoms with Crippen LogP contribution in [-0.2, 0) is 11.3 Å². The Morgan fingerprint density at radius 3 is 2.58 bits per heavy atom. The fourth-order valence-corrected chi connectivity index (χ4v) is 6.34. The van der Waals surface area contributed by atoms with Gasteiger partial charge in [0.2, 0.25) is 5.91 Å². The fraction of sp³-hybridized carbons (Fsp3) is 0.458. The predicted octanol–water partition coefficient (Wildman–Crippen LogP) is 2.77. The number of aromatic nitrogens is 1. The summed E-state index contributed by atoms with van der Waals surface area (Å²) in [5, 5.41) is 0. The Morgan fingerprint density at radius 1 is 1.00 bits per heavy atom. The molecule has 6 nitrogen and oxygen atoms in total. The highest BCUT2D eigenvalue weighted by atomic mass is 32.2. The van der Waals surface area contributed by atoms with Gasteiger partial charge in [-0.1, -0.05) is 42.2 Å². The molecule has 0 N–H and O–H groups in total. The summed E-state index contributed by atoms with van der Waals surface area (Å²) in [6.45, 7) is 4.77. The molecular formula is C24H27FN4O2S2. The van der Waals surface area contributed by atoms with Crippen molar-refractivity contribution >= 4 is 39.9 Å². The summed E-state index contributed by atoms with van der Waals surface area (Å²) < 4.78 is 16.7. The van der Waals surface area contributed by atoms with Crippen molar-refractivity contribution in [2.75, 3.05) is 49.9 Å². The topological polar surface area (TPSA) is 48.8 Å². The Kier molecular flexibility index (Phi) is 6.42. The van der Waals surface area contributed by atoms with Gasteiger partial charge in [-0.15, -0.1) is 0 Å². The average Bonchev–Trinajstić information content (AvgIpc) is 2.83. The lowest BCUT2D eigenvalue weighted by Crippen LogP contribution is -2.50. The zero-order valence-corrected chi connectivity index (χ0v) is 20.0. The molecule has 0 saturated carbocycles. The number of piperidine rings is 1. The van der Waals surface area contributed by atoms with Gasteiger partial charge in [0.1, 0.15) is 10.1 Å². The number of carbonyl (C=O) groups is 1. The number of para-hydroxylation sites is 1. The molecule has 9 heteroatoms. The minimum Gasteiger partial charge on any atom is -0.366 e. The van der Waals surface area contributed by atoms with Crippen LogP contribution in [0.2, 0.25) is 0 Å². The number of fused-ring (bicyclic) bond motifs is 4. The van der Waals surface area contributed by atoms with E-state index >= 15 is 0 Å². The lowest BCUT2D eigenvalue weighted by Gasteiger charge is -2.43. The van der Waals surface area contributed by atoms with E-state index in [1.807, 2.05) is 32.6 Å². The van der Waals surface area contributed by atoms with E-state index < -0.39 is 0 Å². The summed E-state index contributed by atoms with van der Waals surface area (Å²) in [7, 11) is 0. The second-order valence-electron chi connectivity index (χ2n) is 8.98. The number of thioether (sulfide) groups is 1. The van der Waals surface area contributed by atoms with Gasteiger partial charge in [0, 0.05) is 63.5 Å². The summed E-state index contributed by atoms with van der Waals surface area (Å²) in [6, 6.07) is 12.3. The molecular weight excluding hydrogens is 459 g/mol. The first-order valence-electron chi connectivity index (χ1n) is 11.4. The highest BCUT2D eigenvalue weighted by molar-refractivity contribution is 8.23. The summed E-state index contributed by atoms with van der Waals surface area (Å²) in [5.41, 5.74) is 1.77. The van der Waals surface area contributed by atoms with E-state index in [1.54, 1.807) is 18.2 Å². The van der Waals surface area contributed by atoms with Gasteiger partial charge < -0.3 is 19.3 Å². The van der Waals surface area contributed by atoms with Crippen molar-refractivity contribution in [2.24, 2.45) is 5.92 Å². The van der Waals surface area contributed by atoms with Crippen molar-refractivity contribution in [2.45, 2.75) is 18.9 Å². The molecule has 1 aromatic carbocycles. The summed E-state index contributed by atoms with van der Waals surface area (Å²) in [6.07, 6.45) is 1.08. The number of benzene rings is 1. The lowest BCUT2D eigenvalue weighted by atomic mass is 9.83. The molecule has 2 bridgehead atoms. The zero-order valence-electron chi connectivity index (χ0n) is 18.4. The van der Waals surface area contributed by atoms with E-state index in [0.29, 0.717) is 49.5 Å². The van der Waals surface area contributed by atoms with Gasteiger partial charge in [-0.25, -0.2) is 4.39 Å². The maximum Gasteiger partial charge on any atom is 0.250 e. The SMILES string of the molecule is O=C(CSC(=S)N1C[C@@H]2C[C@H](C1)c1cccc(=O)n1C2)N1CCN(c2ccccc2F)CC1. The first-order chi connectivity index (χ1) is 16.0. The van der Waals surface area contributed by atoms with Crippen LogP contribution in [0, 0.1) is 11.7 Å². The molecule has 2 aromatic rings. The average molecular weight is 487 g/mol. The van der Waals surface area contributed by atoms with Crippen LogP contribution in [0.4, 0.5) is 10.1 Å². The van der Waals surface area contributed by atoms with Crippen LogP contribution < -0.4 is 10.5 Å². The van der Waals surface area contributed by atoms with Gasteiger partial charge in [-0.2, -0.15) is 0 Å². The number of amides is 1. The highest BCUT2D eigenvalue weighted by Crippen LogP contribution is 2.36. The first kappa shape index (κ1) is 22.4. The molecule has 0 spiro atoms. The molecule has 33 heavy (non-hydrogen) atoms. The quantitative estimate of drug-likeness (QED) is 0.622. The Hall–Kier alpha value is -2.39. The van der Waals surface area contributed by atoms with Crippen molar-refractivity contribution in [1.29, 1.82) is 0 Å². The van der Waals surface area contributed by atoms with Crippen molar-refractivity contribution in [3.05, 3.63) is 64.3 Å². The van der Waals surface area contributed by atoms with Crippen molar-refractivity contribution in [3.63, 3.8) is 0 Å². The number of rotatable bonds is 3. The Labute approximate surface area is 202 Å². The molecule has 5 rings (SSSR count). The van der Waals surface area contributed by atoms with Crippen LogP contribution >= 0.6 is 24.0 Å². The standard InChI is InChI=1S/C24H27FN4O2S2/c25-19-4-1-2-5-21(19)26-8-10-27(11-9-26)23(31)16-33-24(32)28-13-17-12-18(15-28)20-6-3-7-22(30)29(20)14-17/h1-7,17-18H,8-16H2/t17-,18+/m0/s1. The van der Waals surface area contributed by atoms with Crippen molar-refractivity contribution in [3.8, 4) is 0 Å². The van der Waals surface area contributed by atoms with E-state index in [4.69, 9.17) is 12.2 Å². The molecule has 2 saturated heterocycles. The molecule has 0 aliphatic carbocycles. The molecule has 0 unspecified atom stereocenters. The highest BCUT2D eigenvalue weighted by Gasteiger charge is 2.35. The number of nitrogens with zero attached hydrogens (tertiary/aromatic N) is 4. The zero-order chi connectivity index (χ0) is 22.9.